The van der Waals surface area contributed by atoms with Crippen LogP contribution in [0.4, 0.5) is 0 Å². The summed E-state index contributed by atoms with van der Waals surface area (Å²) in [7, 11) is 1.64. The third kappa shape index (κ3) is 4.16. The summed E-state index contributed by atoms with van der Waals surface area (Å²) in [5, 5.41) is 0.595. The first kappa shape index (κ1) is 19.2. The molecule has 0 unspecified atom stereocenters. The van der Waals surface area contributed by atoms with Gasteiger partial charge in [-0.25, -0.2) is 4.98 Å². The number of aryl methyl sites for hydroxylation is 2. The highest BCUT2D eigenvalue weighted by molar-refractivity contribution is 5.80. The molecule has 29 heavy (non-hydrogen) atoms. The summed E-state index contributed by atoms with van der Waals surface area (Å²) in [5.74, 6) is 0.871. The van der Waals surface area contributed by atoms with Crippen molar-refractivity contribution in [1.29, 1.82) is 0 Å². The van der Waals surface area contributed by atoms with Gasteiger partial charge < -0.3 is 9.64 Å². The SMILES string of the molecule is COc1ccc(CN(C(=O)CCn2cnc3c(C)cccc3c2=O)C2CC2)cc1. The van der Waals surface area contributed by atoms with E-state index in [1.54, 1.807) is 19.5 Å². The van der Waals surface area contributed by atoms with Crippen molar-refractivity contribution in [1.82, 2.24) is 14.5 Å². The van der Waals surface area contributed by atoms with Crippen molar-refractivity contribution in [2.45, 2.75) is 45.3 Å². The highest BCUT2D eigenvalue weighted by Gasteiger charge is 2.32. The summed E-state index contributed by atoms with van der Waals surface area (Å²) in [6, 6.07) is 13.7. The molecule has 1 aromatic heterocycles. The molecule has 1 fully saturated rings. The lowest BCUT2D eigenvalue weighted by molar-refractivity contribution is -0.132. The number of carbonyl (C=O) groups is 1. The molecule has 0 atom stereocenters. The highest BCUT2D eigenvalue weighted by atomic mass is 16.5. The number of benzene rings is 2. The van der Waals surface area contributed by atoms with Gasteiger partial charge in [-0.15, -0.1) is 0 Å². The minimum atomic E-state index is -0.0976. The summed E-state index contributed by atoms with van der Waals surface area (Å²) >= 11 is 0. The van der Waals surface area contributed by atoms with E-state index in [0.29, 0.717) is 24.5 Å². The molecule has 1 heterocycles. The van der Waals surface area contributed by atoms with Gasteiger partial charge in [-0.1, -0.05) is 24.3 Å². The molecular formula is C23H25N3O3. The zero-order chi connectivity index (χ0) is 20.4. The molecule has 0 aliphatic heterocycles. The van der Waals surface area contributed by atoms with E-state index in [4.69, 9.17) is 4.74 Å². The lowest BCUT2D eigenvalue weighted by atomic mass is 10.1. The third-order valence-electron chi connectivity index (χ3n) is 5.44. The maximum atomic E-state index is 12.9. The number of para-hydroxylation sites is 1. The van der Waals surface area contributed by atoms with Gasteiger partial charge in [0.25, 0.3) is 5.56 Å². The fourth-order valence-corrected chi connectivity index (χ4v) is 3.59. The molecule has 0 spiro atoms. The number of fused-ring (bicyclic) bond motifs is 1. The number of ether oxygens (including phenoxy) is 1. The summed E-state index contributed by atoms with van der Waals surface area (Å²) in [4.78, 5) is 32.0. The second-order valence-electron chi connectivity index (χ2n) is 7.57. The maximum absolute atomic E-state index is 12.9. The third-order valence-corrected chi connectivity index (χ3v) is 5.44. The van der Waals surface area contributed by atoms with Crippen molar-refractivity contribution in [2.24, 2.45) is 0 Å². The molecule has 3 aromatic rings. The first-order valence-electron chi connectivity index (χ1n) is 9.94. The van der Waals surface area contributed by atoms with Crippen molar-refractivity contribution >= 4 is 16.8 Å². The zero-order valence-corrected chi connectivity index (χ0v) is 16.8. The lowest BCUT2D eigenvalue weighted by Gasteiger charge is -2.23. The molecule has 1 aliphatic carbocycles. The smallest absolute Gasteiger partial charge is 0.261 e. The molecule has 1 amide bonds. The first-order valence-corrected chi connectivity index (χ1v) is 9.94. The Balaban J connectivity index is 1.46. The van der Waals surface area contributed by atoms with Gasteiger partial charge in [0.2, 0.25) is 5.91 Å². The monoisotopic (exact) mass is 391 g/mol. The van der Waals surface area contributed by atoms with E-state index in [2.05, 4.69) is 4.98 Å². The Morgan fingerprint density at radius 2 is 1.97 bits per heavy atom. The Labute approximate surface area is 169 Å². The minimum Gasteiger partial charge on any atom is -0.497 e. The van der Waals surface area contributed by atoms with Crippen LogP contribution in [0.5, 0.6) is 5.75 Å². The molecular weight excluding hydrogens is 366 g/mol. The van der Waals surface area contributed by atoms with E-state index in [1.807, 2.05) is 48.2 Å². The standard InChI is InChI=1S/C23H25N3O3/c1-16-4-3-5-20-22(16)24-15-25(23(20)28)13-12-21(27)26(18-8-9-18)14-17-6-10-19(29-2)11-7-17/h3-7,10-11,15,18H,8-9,12-14H2,1-2H3. The molecule has 6 nitrogen and oxygen atoms in total. The second kappa shape index (κ2) is 8.07. The second-order valence-corrected chi connectivity index (χ2v) is 7.57. The van der Waals surface area contributed by atoms with E-state index in [1.165, 1.54) is 4.57 Å². The summed E-state index contributed by atoms with van der Waals surface area (Å²) in [6.45, 7) is 2.85. The molecule has 150 valence electrons. The number of hydrogen-bond acceptors (Lipinski definition) is 4. The predicted molar refractivity (Wildman–Crippen MR) is 112 cm³/mol. The van der Waals surface area contributed by atoms with Gasteiger partial charge >= 0.3 is 0 Å². The summed E-state index contributed by atoms with van der Waals surface area (Å²) in [5.41, 5.74) is 2.67. The van der Waals surface area contributed by atoms with Crippen LogP contribution in [0.25, 0.3) is 10.9 Å². The van der Waals surface area contributed by atoms with E-state index < -0.39 is 0 Å². The van der Waals surface area contributed by atoms with Crippen LogP contribution in [-0.4, -0.2) is 33.5 Å². The largest absolute Gasteiger partial charge is 0.497 e. The van der Waals surface area contributed by atoms with Crippen LogP contribution >= 0.6 is 0 Å². The summed E-state index contributed by atoms with van der Waals surface area (Å²) in [6.07, 6.45) is 3.92. The quantitative estimate of drug-likeness (QED) is 0.620. The van der Waals surface area contributed by atoms with Crippen LogP contribution in [0, 0.1) is 6.92 Å². The Morgan fingerprint density at radius 1 is 1.21 bits per heavy atom. The maximum Gasteiger partial charge on any atom is 0.261 e. The van der Waals surface area contributed by atoms with E-state index in [9.17, 15) is 9.59 Å². The number of aromatic nitrogens is 2. The number of carbonyl (C=O) groups excluding carboxylic acids is 1. The molecule has 6 heteroatoms. The fourth-order valence-electron chi connectivity index (χ4n) is 3.59. The van der Waals surface area contributed by atoms with E-state index in [0.717, 1.165) is 35.2 Å². The minimum absolute atomic E-state index is 0.0690. The van der Waals surface area contributed by atoms with Gasteiger partial charge in [-0.05, 0) is 49.1 Å². The Bertz CT molecular complexity index is 1080. The normalized spacial score (nSPS) is 13.4. The summed E-state index contributed by atoms with van der Waals surface area (Å²) < 4.78 is 6.74. The number of amides is 1. The first-order chi connectivity index (χ1) is 14.1. The van der Waals surface area contributed by atoms with Crippen molar-refractivity contribution in [3.63, 3.8) is 0 Å². The van der Waals surface area contributed by atoms with Crippen LogP contribution in [0.15, 0.2) is 53.6 Å². The van der Waals surface area contributed by atoms with Crippen LogP contribution in [0.2, 0.25) is 0 Å². The molecule has 0 N–H and O–H groups in total. The molecule has 0 saturated heterocycles. The van der Waals surface area contributed by atoms with Gasteiger partial charge in [0, 0.05) is 25.6 Å². The number of hydrogen-bond donors (Lipinski definition) is 0. The number of nitrogens with zero attached hydrogens (tertiary/aromatic N) is 3. The van der Waals surface area contributed by atoms with Crippen molar-refractivity contribution in [3.8, 4) is 5.75 Å². The molecule has 1 aliphatic rings. The van der Waals surface area contributed by atoms with Crippen LogP contribution < -0.4 is 10.3 Å². The van der Waals surface area contributed by atoms with Crippen LogP contribution in [-0.2, 0) is 17.9 Å². The van der Waals surface area contributed by atoms with Gasteiger partial charge in [0.1, 0.15) is 5.75 Å². The Kier molecular flexibility index (Phi) is 5.34. The lowest BCUT2D eigenvalue weighted by Crippen LogP contribution is -2.34. The predicted octanol–water partition coefficient (Wildman–Crippen LogP) is 3.29. The molecule has 4 rings (SSSR count). The number of methoxy groups -OCH3 is 1. The zero-order valence-electron chi connectivity index (χ0n) is 16.8. The Hall–Kier alpha value is -3.15. The van der Waals surface area contributed by atoms with E-state index >= 15 is 0 Å². The van der Waals surface area contributed by atoms with Crippen molar-refractivity contribution < 1.29 is 9.53 Å². The van der Waals surface area contributed by atoms with Gasteiger partial charge in [0.15, 0.2) is 0 Å². The fraction of sp³-hybridized carbons (Fsp3) is 0.348. The molecule has 0 bridgehead atoms. The Morgan fingerprint density at radius 3 is 2.66 bits per heavy atom. The van der Waals surface area contributed by atoms with Gasteiger partial charge in [-0.2, -0.15) is 0 Å². The van der Waals surface area contributed by atoms with Crippen molar-refractivity contribution in [3.05, 3.63) is 70.3 Å². The van der Waals surface area contributed by atoms with Gasteiger partial charge in [-0.3, -0.25) is 14.2 Å². The van der Waals surface area contributed by atoms with Gasteiger partial charge in [0.05, 0.1) is 24.3 Å². The molecule has 2 aromatic carbocycles. The van der Waals surface area contributed by atoms with Crippen LogP contribution in [0.1, 0.15) is 30.4 Å². The average molecular weight is 391 g/mol. The van der Waals surface area contributed by atoms with Crippen LogP contribution in [0.3, 0.4) is 0 Å². The number of rotatable bonds is 7. The average Bonchev–Trinajstić information content (AvgIpc) is 3.57. The highest BCUT2D eigenvalue weighted by Crippen LogP contribution is 2.29. The van der Waals surface area contributed by atoms with E-state index in [-0.39, 0.29) is 17.9 Å². The molecule has 0 radical (unpaired) electrons. The van der Waals surface area contributed by atoms with Crippen molar-refractivity contribution in [2.75, 3.05) is 7.11 Å². The topological polar surface area (TPSA) is 64.4 Å². The molecule has 1 saturated carbocycles.